The smallest absolute Gasteiger partial charge is 0.416 e. The molecule has 13 heteroatoms. The minimum Gasteiger partial charge on any atom is -0.508 e. The molecule has 0 aliphatic carbocycles. The first-order valence-electron chi connectivity index (χ1n) is 9.63. The summed E-state index contributed by atoms with van der Waals surface area (Å²) in [5.41, 5.74) is -2.02. The van der Waals surface area contributed by atoms with Gasteiger partial charge in [-0.1, -0.05) is 23.2 Å². The van der Waals surface area contributed by atoms with Crippen LogP contribution in [0.15, 0.2) is 60.2 Å². The highest BCUT2D eigenvalue weighted by Crippen LogP contribution is 2.42. The first-order valence-corrected chi connectivity index (χ1v) is 10.4. The number of nitriles is 1. The summed E-state index contributed by atoms with van der Waals surface area (Å²) < 4.78 is 44.1. The van der Waals surface area contributed by atoms with Gasteiger partial charge in [-0.25, -0.2) is 0 Å². The Morgan fingerprint density at radius 3 is 2.25 bits per heavy atom. The number of aromatic hydroxyl groups is 1. The largest absolute Gasteiger partial charge is 0.508 e. The first-order chi connectivity index (χ1) is 16.9. The number of halogens is 5. The lowest BCUT2D eigenvalue weighted by Gasteiger charge is -2.12. The van der Waals surface area contributed by atoms with Crippen molar-refractivity contribution in [2.24, 2.45) is 0 Å². The van der Waals surface area contributed by atoms with Crippen LogP contribution in [-0.2, 0) is 11.0 Å². The topological polar surface area (TPSA) is 125 Å². The Morgan fingerprint density at radius 2 is 1.72 bits per heavy atom. The number of alkyl halides is 3. The van der Waals surface area contributed by atoms with E-state index in [9.17, 15) is 38.4 Å². The van der Waals surface area contributed by atoms with Gasteiger partial charge in [0.15, 0.2) is 5.75 Å². The molecule has 0 aliphatic heterocycles. The van der Waals surface area contributed by atoms with E-state index in [0.29, 0.717) is 17.8 Å². The highest BCUT2D eigenvalue weighted by Gasteiger charge is 2.33. The number of ether oxygens (including phenoxy) is 1. The molecular weight excluding hydrogens is 526 g/mol. The number of nitro groups is 1. The monoisotopic (exact) mass is 537 g/mol. The molecule has 0 saturated heterocycles. The van der Waals surface area contributed by atoms with Crippen molar-refractivity contribution < 1.29 is 32.7 Å². The molecule has 0 saturated carbocycles. The number of rotatable bonds is 6. The maximum absolute atomic E-state index is 12.9. The summed E-state index contributed by atoms with van der Waals surface area (Å²) in [7, 11) is 0. The highest BCUT2D eigenvalue weighted by atomic mass is 35.5. The summed E-state index contributed by atoms with van der Waals surface area (Å²) in [5, 5.41) is 32.0. The number of carbonyl (C=O) groups excluding carboxylic acids is 1. The van der Waals surface area contributed by atoms with Crippen LogP contribution in [0.5, 0.6) is 17.2 Å². The molecule has 0 radical (unpaired) electrons. The molecule has 36 heavy (non-hydrogen) atoms. The van der Waals surface area contributed by atoms with Crippen LogP contribution in [0.2, 0.25) is 10.0 Å². The van der Waals surface area contributed by atoms with Crippen molar-refractivity contribution in [1.82, 2.24) is 0 Å². The molecule has 0 heterocycles. The molecule has 0 spiro atoms. The van der Waals surface area contributed by atoms with Gasteiger partial charge >= 0.3 is 11.9 Å². The van der Waals surface area contributed by atoms with Crippen LogP contribution in [-0.4, -0.2) is 15.9 Å². The van der Waals surface area contributed by atoms with E-state index in [1.165, 1.54) is 36.4 Å². The first kappa shape index (κ1) is 26.3. The third-order valence-corrected chi connectivity index (χ3v) is 5.08. The molecule has 184 valence electrons. The number of phenolic OH excluding ortho intramolecular Hbond substituents is 1. The molecule has 8 nitrogen and oxygen atoms in total. The zero-order valence-corrected chi connectivity index (χ0v) is 19.1. The van der Waals surface area contributed by atoms with E-state index in [4.69, 9.17) is 27.9 Å². The molecule has 3 rings (SSSR count). The van der Waals surface area contributed by atoms with Crippen LogP contribution in [0.3, 0.4) is 0 Å². The normalized spacial score (nSPS) is 11.5. The van der Waals surface area contributed by atoms with Gasteiger partial charge in [0.1, 0.15) is 17.4 Å². The minimum absolute atomic E-state index is 0.0164. The lowest BCUT2D eigenvalue weighted by molar-refractivity contribution is -0.385. The van der Waals surface area contributed by atoms with Gasteiger partial charge in [-0.3, -0.25) is 14.9 Å². The van der Waals surface area contributed by atoms with Crippen molar-refractivity contribution in [2.75, 3.05) is 5.32 Å². The summed E-state index contributed by atoms with van der Waals surface area (Å²) in [6, 6.07) is 11.4. The van der Waals surface area contributed by atoms with Gasteiger partial charge in [0, 0.05) is 11.8 Å². The van der Waals surface area contributed by atoms with E-state index in [2.05, 4.69) is 5.32 Å². The number of benzene rings is 3. The second-order valence-electron chi connectivity index (χ2n) is 7.02. The van der Waals surface area contributed by atoms with E-state index < -0.39 is 34.0 Å². The van der Waals surface area contributed by atoms with Gasteiger partial charge < -0.3 is 15.2 Å². The van der Waals surface area contributed by atoms with Crippen LogP contribution in [0.25, 0.3) is 6.08 Å². The molecule has 0 atom stereocenters. The van der Waals surface area contributed by atoms with Crippen LogP contribution in [0.4, 0.5) is 24.5 Å². The fourth-order valence-corrected chi connectivity index (χ4v) is 3.43. The van der Waals surface area contributed by atoms with Crippen molar-refractivity contribution in [3.8, 4) is 23.3 Å². The average Bonchev–Trinajstić information content (AvgIpc) is 2.80. The predicted octanol–water partition coefficient (Wildman–Crippen LogP) is 6.96. The highest BCUT2D eigenvalue weighted by molar-refractivity contribution is 6.37. The SMILES string of the molecule is N#C/C(=C\c1cc(Cl)c(Oc2ccc(C(F)(F)F)cc2[N+](=O)[O-])c(Cl)c1)C(=O)Nc1ccc(O)cc1. The minimum atomic E-state index is -4.81. The van der Waals surface area contributed by atoms with E-state index in [1.54, 1.807) is 6.07 Å². The van der Waals surface area contributed by atoms with Gasteiger partial charge in [-0.15, -0.1) is 0 Å². The molecule has 3 aromatic rings. The lowest BCUT2D eigenvalue weighted by Crippen LogP contribution is -2.13. The number of hydrogen-bond donors (Lipinski definition) is 2. The van der Waals surface area contributed by atoms with Crippen LogP contribution in [0.1, 0.15) is 11.1 Å². The van der Waals surface area contributed by atoms with E-state index in [0.717, 1.165) is 12.1 Å². The summed E-state index contributed by atoms with van der Waals surface area (Å²) in [6.07, 6.45) is -3.64. The van der Waals surface area contributed by atoms with E-state index >= 15 is 0 Å². The molecule has 1 amide bonds. The lowest BCUT2D eigenvalue weighted by atomic mass is 10.1. The Bertz CT molecular complexity index is 1390. The maximum Gasteiger partial charge on any atom is 0.416 e. The number of phenols is 1. The number of anilines is 1. The molecule has 0 aliphatic rings. The fourth-order valence-electron chi connectivity index (χ4n) is 2.85. The van der Waals surface area contributed by atoms with Crippen LogP contribution in [0, 0.1) is 21.4 Å². The maximum atomic E-state index is 12.9. The fraction of sp³-hybridized carbons (Fsp3) is 0.0435. The average molecular weight is 538 g/mol. The number of hydrogen-bond acceptors (Lipinski definition) is 6. The second-order valence-corrected chi connectivity index (χ2v) is 7.84. The van der Waals surface area contributed by atoms with E-state index in [-0.39, 0.29) is 32.7 Å². The summed E-state index contributed by atoms with van der Waals surface area (Å²) in [6.45, 7) is 0. The molecule has 0 unspecified atom stereocenters. The van der Waals surface area contributed by atoms with Crippen molar-refractivity contribution in [2.45, 2.75) is 6.18 Å². The molecule has 3 aromatic carbocycles. The number of carbonyl (C=O) groups is 1. The van der Waals surface area contributed by atoms with Crippen LogP contribution < -0.4 is 10.1 Å². The molecule has 0 bridgehead atoms. The molecule has 0 fully saturated rings. The Balaban J connectivity index is 1.90. The Labute approximate surface area is 210 Å². The number of nitrogens with one attached hydrogen (secondary N) is 1. The third-order valence-electron chi connectivity index (χ3n) is 4.52. The quantitative estimate of drug-likeness (QED) is 0.115. The van der Waals surface area contributed by atoms with Gasteiger partial charge in [0.05, 0.1) is 20.5 Å². The van der Waals surface area contributed by atoms with Gasteiger partial charge in [0.2, 0.25) is 5.75 Å². The van der Waals surface area contributed by atoms with E-state index in [1.807, 2.05) is 0 Å². The summed E-state index contributed by atoms with van der Waals surface area (Å²) in [4.78, 5) is 22.6. The number of nitro benzene ring substituents is 1. The predicted molar refractivity (Wildman–Crippen MR) is 125 cm³/mol. The Morgan fingerprint density at radius 1 is 1.11 bits per heavy atom. The summed E-state index contributed by atoms with van der Waals surface area (Å²) in [5.74, 6) is -1.61. The zero-order chi connectivity index (χ0) is 26.6. The van der Waals surface area contributed by atoms with Crippen LogP contribution >= 0.6 is 23.2 Å². The number of nitrogens with zero attached hydrogens (tertiary/aromatic N) is 2. The standard InChI is InChI=1S/C23H12Cl2F3N3O5/c24-17-8-12(7-13(11-29)22(33)30-15-2-4-16(32)5-3-15)9-18(25)21(17)36-20-6-1-14(23(26,27)28)10-19(20)31(34)35/h1-10,32H,(H,30,33)/b13-7+. The zero-order valence-electron chi connectivity index (χ0n) is 17.6. The molecule has 2 N–H and O–H groups in total. The van der Waals surface area contributed by atoms with Gasteiger partial charge in [-0.05, 0) is 60.2 Å². The van der Waals surface area contributed by atoms with Crippen molar-refractivity contribution >= 4 is 46.6 Å². The van der Waals surface area contributed by atoms with Crippen molar-refractivity contribution in [1.29, 1.82) is 5.26 Å². The molecular formula is C23H12Cl2F3N3O5. The molecule has 0 aromatic heterocycles. The van der Waals surface area contributed by atoms with Crippen molar-refractivity contribution in [3.63, 3.8) is 0 Å². The Hall–Kier alpha value is -4.27. The Kier molecular flexibility index (Phi) is 7.72. The van der Waals surface area contributed by atoms with Gasteiger partial charge in [-0.2, -0.15) is 18.4 Å². The second kappa shape index (κ2) is 10.6. The third kappa shape index (κ3) is 6.24. The van der Waals surface area contributed by atoms with Gasteiger partial charge in [0.25, 0.3) is 5.91 Å². The summed E-state index contributed by atoms with van der Waals surface area (Å²) >= 11 is 12.4. The number of amides is 1. The van der Waals surface area contributed by atoms with Crippen molar-refractivity contribution in [3.05, 3.63) is 91.5 Å².